The van der Waals surface area contributed by atoms with Gasteiger partial charge in [0.05, 0.1) is 5.56 Å². The van der Waals surface area contributed by atoms with Crippen LogP contribution in [0.4, 0.5) is 18.9 Å². The van der Waals surface area contributed by atoms with Crippen LogP contribution in [-0.4, -0.2) is 5.91 Å². The van der Waals surface area contributed by atoms with Crippen molar-refractivity contribution in [2.45, 2.75) is 12.8 Å². The number of alkyl halides is 3. The van der Waals surface area contributed by atoms with Crippen molar-refractivity contribution in [2.24, 2.45) is 0 Å². The van der Waals surface area contributed by atoms with Gasteiger partial charge in [0.15, 0.2) is 0 Å². The number of amides is 1. The van der Waals surface area contributed by atoms with E-state index in [2.05, 4.69) is 21.2 Å². The van der Waals surface area contributed by atoms with E-state index in [0.29, 0.717) is 20.8 Å². The van der Waals surface area contributed by atoms with Gasteiger partial charge in [-0.25, -0.2) is 0 Å². The molecule has 1 N–H and O–H groups in total. The molecule has 3 rings (SSSR count). The van der Waals surface area contributed by atoms with Gasteiger partial charge in [0.1, 0.15) is 24.0 Å². The predicted molar refractivity (Wildman–Crippen MR) is 124 cm³/mol. The highest BCUT2D eigenvalue weighted by atomic mass is 79.9. The summed E-state index contributed by atoms with van der Waals surface area (Å²) in [5.41, 5.74) is -0.134. The second-order valence-electron chi connectivity index (χ2n) is 6.76. The van der Waals surface area contributed by atoms with E-state index in [9.17, 15) is 23.2 Å². The van der Waals surface area contributed by atoms with E-state index in [1.807, 2.05) is 6.07 Å². The molecule has 0 fully saturated rings. The maximum Gasteiger partial charge on any atom is 0.416 e. The van der Waals surface area contributed by atoms with Crippen molar-refractivity contribution in [3.05, 3.63) is 98.5 Å². The molecule has 4 nitrogen and oxygen atoms in total. The molecule has 0 aliphatic carbocycles. The number of ether oxygens (including phenoxy) is 1. The number of nitrogens with zero attached hydrogens (tertiary/aromatic N) is 1. The number of nitrogens with one attached hydrogen (secondary N) is 1. The van der Waals surface area contributed by atoms with E-state index in [0.717, 1.165) is 17.7 Å². The minimum atomic E-state index is -4.56. The van der Waals surface area contributed by atoms with Crippen LogP contribution in [0.1, 0.15) is 16.7 Å². The van der Waals surface area contributed by atoms with Gasteiger partial charge in [0, 0.05) is 26.3 Å². The molecule has 0 saturated heterocycles. The third kappa shape index (κ3) is 6.60. The Morgan fingerprint density at radius 1 is 1.12 bits per heavy atom. The number of nitriles is 1. The minimum absolute atomic E-state index is 0.0830. The molecule has 0 heterocycles. The number of anilines is 1. The number of carbonyl (C=O) groups excluding carboxylic acids is 1. The summed E-state index contributed by atoms with van der Waals surface area (Å²) in [6.07, 6.45) is -3.26. The van der Waals surface area contributed by atoms with E-state index in [4.69, 9.17) is 16.3 Å². The Bertz CT molecular complexity index is 1250. The number of halogens is 5. The molecule has 9 heteroatoms. The minimum Gasteiger partial charge on any atom is -0.488 e. The summed E-state index contributed by atoms with van der Waals surface area (Å²) < 4.78 is 45.3. The fraction of sp³-hybridized carbons (Fsp3) is 0.0833. The van der Waals surface area contributed by atoms with Gasteiger partial charge in [-0.1, -0.05) is 51.8 Å². The number of hydrogen-bond donors (Lipinski definition) is 1. The highest BCUT2D eigenvalue weighted by molar-refractivity contribution is 9.10. The second-order valence-corrected chi connectivity index (χ2v) is 8.09. The highest BCUT2D eigenvalue weighted by Crippen LogP contribution is 2.31. The van der Waals surface area contributed by atoms with Crippen LogP contribution >= 0.6 is 27.5 Å². The molecule has 0 saturated carbocycles. The van der Waals surface area contributed by atoms with Crippen LogP contribution in [0, 0.1) is 11.3 Å². The summed E-state index contributed by atoms with van der Waals surface area (Å²) >= 11 is 9.49. The van der Waals surface area contributed by atoms with Crippen LogP contribution in [0.3, 0.4) is 0 Å². The summed E-state index contributed by atoms with van der Waals surface area (Å²) in [6, 6.07) is 18.1. The molecule has 1 amide bonds. The topological polar surface area (TPSA) is 62.1 Å². The van der Waals surface area contributed by atoms with Crippen molar-refractivity contribution in [3.63, 3.8) is 0 Å². The quantitative estimate of drug-likeness (QED) is 0.267. The third-order valence-electron chi connectivity index (χ3n) is 4.43. The average molecular weight is 536 g/mol. The Morgan fingerprint density at radius 3 is 2.58 bits per heavy atom. The second kappa shape index (κ2) is 10.6. The van der Waals surface area contributed by atoms with Gasteiger partial charge in [0.2, 0.25) is 0 Å². The normalized spacial score (nSPS) is 11.6. The van der Waals surface area contributed by atoms with Crippen molar-refractivity contribution in [3.8, 4) is 11.8 Å². The first-order chi connectivity index (χ1) is 15.7. The summed E-state index contributed by atoms with van der Waals surface area (Å²) in [6.45, 7) is 0.153. The molecule has 0 radical (unpaired) electrons. The molecule has 0 aliphatic rings. The van der Waals surface area contributed by atoms with Gasteiger partial charge in [-0.2, -0.15) is 18.4 Å². The maximum absolute atomic E-state index is 12.9. The van der Waals surface area contributed by atoms with Crippen molar-refractivity contribution in [2.75, 3.05) is 5.32 Å². The van der Waals surface area contributed by atoms with Crippen LogP contribution in [0.5, 0.6) is 5.75 Å². The van der Waals surface area contributed by atoms with Gasteiger partial charge >= 0.3 is 6.18 Å². The molecule has 3 aromatic carbocycles. The summed E-state index contributed by atoms with van der Waals surface area (Å²) in [5.74, 6) is -0.466. The number of benzene rings is 3. The Kier molecular flexibility index (Phi) is 7.79. The first-order valence-corrected chi connectivity index (χ1v) is 10.6. The monoisotopic (exact) mass is 534 g/mol. The van der Waals surface area contributed by atoms with E-state index in [1.54, 1.807) is 42.5 Å². The van der Waals surface area contributed by atoms with Crippen LogP contribution in [-0.2, 0) is 17.6 Å². The molecule has 0 bridgehead atoms. The first-order valence-electron chi connectivity index (χ1n) is 9.43. The van der Waals surface area contributed by atoms with Crippen LogP contribution < -0.4 is 10.1 Å². The first kappa shape index (κ1) is 24.4. The lowest BCUT2D eigenvalue weighted by atomic mass is 10.1. The fourth-order valence-electron chi connectivity index (χ4n) is 2.81. The lowest BCUT2D eigenvalue weighted by molar-refractivity contribution is -0.137. The molecule has 0 spiro atoms. The van der Waals surface area contributed by atoms with Crippen molar-refractivity contribution < 1.29 is 22.7 Å². The van der Waals surface area contributed by atoms with Crippen molar-refractivity contribution >= 4 is 45.2 Å². The zero-order valence-corrected chi connectivity index (χ0v) is 19.1. The standard InChI is InChI=1S/C24H15BrClF3N2O2/c25-19-8-9-22(33-14-15-4-1-2-7-21(15)26)16(11-19)10-17(13-30)23(32)31-20-6-3-5-18(12-20)24(27,28)29/h1-12H,14H2,(H,31,32)/b17-10-. The zero-order chi connectivity index (χ0) is 24.0. The Morgan fingerprint density at radius 2 is 1.88 bits per heavy atom. The molecule has 168 valence electrons. The Hall–Kier alpha value is -3.28. The van der Waals surface area contributed by atoms with E-state index in [-0.39, 0.29) is 17.9 Å². The van der Waals surface area contributed by atoms with Crippen LogP contribution in [0.2, 0.25) is 5.02 Å². The van der Waals surface area contributed by atoms with Gasteiger partial charge in [-0.3, -0.25) is 4.79 Å². The Balaban J connectivity index is 1.84. The molecule has 33 heavy (non-hydrogen) atoms. The van der Waals surface area contributed by atoms with Gasteiger partial charge < -0.3 is 10.1 Å². The molecule has 3 aromatic rings. The van der Waals surface area contributed by atoms with Gasteiger partial charge in [-0.05, 0) is 48.5 Å². The Labute approximate surface area is 201 Å². The number of hydrogen-bond acceptors (Lipinski definition) is 3. The smallest absolute Gasteiger partial charge is 0.416 e. The maximum atomic E-state index is 12.9. The van der Waals surface area contributed by atoms with E-state index < -0.39 is 17.6 Å². The third-order valence-corrected chi connectivity index (χ3v) is 5.29. The predicted octanol–water partition coefficient (Wildman–Crippen LogP) is 7.25. The van der Waals surface area contributed by atoms with E-state index in [1.165, 1.54) is 18.2 Å². The molecule has 0 atom stereocenters. The lowest BCUT2D eigenvalue weighted by Crippen LogP contribution is -2.14. The molecule has 0 aliphatic heterocycles. The largest absolute Gasteiger partial charge is 0.488 e. The average Bonchev–Trinajstić information content (AvgIpc) is 2.77. The zero-order valence-electron chi connectivity index (χ0n) is 16.8. The molecular formula is C24H15BrClF3N2O2. The van der Waals surface area contributed by atoms with Gasteiger partial charge in [0.25, 0.3) is 5.91 Å². The van der Waals surface area contributed by atoms with Crippen LogP contribution in [0.15, 0.2) is 76.8 Å². The summed E-state index contributed by atoms with van der Waals surface area (Å²) in [7, 11) is 0. The van der Waals surface area contributed by atoms with E-state index >= 15 is 0 Å². The molecule has 0 aromatic heterocycles. The molecule has 0 unspecified atom stereocenters. The van der Waals surface area contributed by atoms with Crippen molar-refractivity contribution in [1.29, 1.82) is 5.26 Å². The van der Waals surface area contributed by atoms with Gasteiger partial charge in [-0.15, -0.1) is 0 Å². The number of carbonyl (C=O) groups is 1. The van der Waals surface area contributed by atoms with Crippen molar-refractivity contribution in [1.82, 2.24) is 0 Å². The summed E-state index contributed by atoms with van der Waals surface area (Å²) in [5, 5.41) is 12.4. The fourth-order valence-corrected chi connectivity index (χ4v) is 3.38. The number of rotatable bonds is 6. The SMILES string of the molecule is N#C/C(=C/c1cc(Br)ccc1OCc1ccccc1Cl)C(=O)Nc1cccc(C(F)(F)F)c1. The molecular weight excluding hydrogens is 521 g/mol. The highest BCUT2D eigenvalue weighted by Gasteiger charge is 2.30. The lowest BCUT2D eigenvalue weighted by Gasteiger charge is -2.12. The summed E-state index contributed by atoms with van der Waals surface area (Å²) in [4.78, 5) is 12.6. The van der Waals surface area contributed by atoms with Crippen LogP contribution in [0.25, 0.3) is 6.08 Å².